The Balaban J connectivity index is 2.85. The van der Waals surface area contributed by atoms with Crippen molar-refractivity contribution >= 4 is 29.2 Å². The molecule has 3 N–H and O–H groups in total. The van der Waals surface area contributed by atoms with E-state index in [1.807, 2.05) is 0 Å². The predicted octanol–water partition coefficient (Wildman–Crippen LogP) is 1.86. The summed E-state index contributed by atoms with van der Waals surface area (Å²) in [5.41, 5.74) is 6.15. The molecular weight excluding hydrogens is 227 g/mol. The number of nitrogens with two attached hydrogens (primary N) is 1. The zero-order valence-corrected chi connectivity index (χ0v) is 8.59. The lowest BCUT2D eigenvalue weighted by atomic mass is 10.1. The van der Waals surface area contributed by atoms with Gasteiger partial charge in [0.05, 0.1) is 11.4 Å². The molecule has 1 heterocycles. The van der Waals surface area contributed by atoms with Crippen LogP contribution >= 0.6 is 23.2 Å². The van der Waals surface area contributed by atoms with Crippen molar-refractivity contribution in [3.63, 3.8) is 0 Å². The van der Waals surface area contributed by atoms with Gasteiger partial charge in [-0.3, -0.25) is 4.79 Å². The number of pyridine rings is 1. The van der Waals surface area contributed by atoms with E-state index in [0.717, 1.165) is 0 Å². The van der Waals surface area contributed by atoms with E-state index in [2.05, 4.69) is 4.98 Å². The Hall–Kier alpha value is -0.840. The fourth-order valence-electron chi connectivity index (χ4n) is 0.945. The van der Waals surface area contributed by atoms with Gasteiger partial charge in [-0.05, 0) is 11.6 Å². The number of carboxylic acid groups (broad SMARTS) is 1. The van der Waals surface area contributed by atoms with E-state index in [0.29, 0.717) is 5.56 Å². The topological polar surface area (TPSA) is 76.2 Å². The van der Waals surface area contributed by atoms with Crippen LogP contribution < -0.4 is 5.73 Å². The standard InChI is InChI=1S/C8H8Cl2N2O2/c9-5-1-4(3-12-8(5)10)6(11)2-7(13)14/h1,3,6H,2,11H2,(H,13,14). The molecule has 1 unspecified atom stereocenters. The van der Waals surface area contributed by atoms with Crippen molar-refractivity contribution in [1.82, 2.24) is 4.98 Å². The van der Waals surface area contributed by atoms with Crippen molar-refractivity contribution in [3.05, 3.63) is 28.0 Å². The van der Waals surface area contributed by atoms with Crippen LogP contribution in [0.15, 0.2) is 12.3 Å². The molecule has 0 radical (unpaired) electrons. The van der Waals surface area contributed by atoms with Gasteiger partial charge in [0.15, 0.2) is 0 Å². The van der Waals surface area contributed by atoms with Crippen molar-refractivity contribution in [1.29, 1.82) is 0 Å². The molecular formula is C8H8Cl2N2O2. The Morgan fingerprint density at radius 3 is 2.79 bits per heavy atom. The molecule has 0 fully saturated rings. The number of rotatable bonds is 3. The molecule has 0 spiro atoms. The molecule has 0 saturated heterocycles. The molecule has 0 aromatic carbocycles. The van der Waals surface area contributed by atoms with E-state index >= 15 is 0 Å². The minimum atomic E-state index is -0.969. The first-order valence-electron chi connectivity index (χ1n) is 3.79. The van der Waals surface area contributed by atoms with Gasteiger partial charge in [-0.25, -0.2) is 4.98 Å². The molecule has 14 heavy (non-hydrogen) atoms. The maximum Gasteiger partial charge on any atom is 0.305 e. The highest BCUT2D eigenvalue weighted by molar-refractivity contribution is 6.41. The Bertz CT molecular complexity index is 357. The average Bonchev–Trinajstić information content (AvgIpc) is 2.08. The molecule has 0 aliphatic rings. The molecule has 1 aromatic heterocycles. The van der Waals surface area contributed by atoms with Crippen molar-refractivity contribution in [2.75, 3.05) is 0 Å². The Kier molecular flexibility index (Phi) is 3.69. The summed E-state index contributed by atoms with van der Waals surface area (Å²) in [5, 5.41) is 8.96. The molecule has 1 aromatic rings. The first-order valence-corrected chi connectivity index (χ1v) is 4.54. The first kappa shape index (κ1) is 11.2. The van der Waals surface area contributed by atoms with Crippen molar-refractivity contribution in [3.8, 4) is 0 Å². The second kappa shape index (κ2) is 4.59. The minimum absolute atomic E-state index is 0.167. The normalized spacial score (nSPS) is 12.5. The van der Waals surface area contributed by atoms with E-state index in [9.17, 15) is 4.79 Å². The van der Waals surface area contributed by atoms with Crippen LogP contribution in [-0.4, -0.2) is 16.1 Å². The van der Waals surface area contributed by atoms with E-state index < -0.39 is 12.0 Å². The summed E-state index contributed by atoms with van der Waals surface area (Å²) < 4.78 is 0. The number of nitrogens with zero attached hydrogens (tertiary/aromatic N) is 1. The van der Waals surface area contributed by atoms with Gasteiger partial charge in [0, 0.05) is 12.2 Å². The molecule has 6 heteroatoms. The van der Waals surface area contributed by atoms with E-state index in [1.165, 1.54) is 12.3 Å². The lowest BCUT2D eigenvalue weighted by Gasteiger charge is -2.09. The second-order valence-electron chi connectivity index (χ2n) is 2.75. The summed E-state index contributed by atoms with van der Waals surface area (Å²) in [7, 11) is 0. The molecule has 0 aliphatic heterocycles. The third kappa shape index (κ3) is 2.83. The van der Waals surface area contributed by atoms with Crippen molar-refractivity contribution in [2.45, 2.75) is 12.5 Å². The molecule has 76 valence electrons. The average molecular weight is 235 g/mol. The molecule has 0 aliphatic carbocycles. The lowest BCUT2D eigenvalue weighted by Crippen LogP contribution is -2.15. The summed E-state index contributed by atoms with van der Waals surface area (Å²) in [6.07, 6.45) is 1.25. The van der Waals surface area contributed by atoms with Crippen molar-refractivity contribution in [2.24, 2.45) is 5.73 Å². The Labute approximate surface area is 90.6 Å². The quantitative estimate of drug-likeness (QED) is 0.784. The molecule has 0 bridgehead atoms. The number of hydrogen-bond acceptors (Lipinski definition) is 3. The van der Waals surface area contributed by atoms with Gasteiger partial charge in [-0.15, -0.1) is 0 Å². The minimum Gasteiger partial charge on any atom is -0.481 e. The number of halogens is 2. The summed E-state index contributed by atoms with van der Waals surface area (Å²) in [5.74, 6) is -0.969. The van der Waals surface area contributed by atoms with Gasteiger partial charge in [0.25, 0.3) is 0 Å². The molecule has 4 nitrogen and oxygen atoms in total. The van der Waals surface area contributed by atoms with Crippen LogP contribution in [0.1, 0.15) is 18.0 Å². The highest BCUT2D eigenvalue weighted by atomic mass is 35.5. The van der Waals surface area contributed by atoms with Gasteiger partial charge in [-0.2, -0.15) is 0 Å². The molecule has 0 saturated carbocycles. The maximum absolute atomic E-state index is 10.4. The number of carbonyl (C=O) groups is 1. The van der Waals surface area contributed by atoms with E-state index in [4.69, 9.17) is 34.0 Å². The van der Waals surface area contributed by atoms with Crippen LogP contribution in [0.3, 0.4) is 0 Å². The molecule has 1 rings (SSSR count). The SMILES string of the molecule is NC(CC(=O)O)c1cnc(Cl)c(Cl)c1. The monoisotopic (exact) mass is 234 g/mol. The summed E-state index contributed by atoms with van der Waals surface area (Å²) in [6.45, 7) is 0. The van der Waals surface area contributed by atoms with E-state index in [-0.39, 0.29) is 16.6 Å². The van der Waals surface area contributed by atoms with Gasteiger partial charge in [0.2, 0.25) is 0 Å². The third-order valence-electron chi connectivity index (χ3n) is 1.64. The molecule has 1 atom stereocenters. The maximum atomic E-state index is 10.4. The van der Waals surface area contributed by atoms with E-state index in [1.54, 1.807) is 0 Å². The van der Waals surface area contributed by atoms with Crippen LogP contribution in [0.25, 0.3) is 0 Å². The summed E-state index contributed by atoms with van der Waals surface area (Å²) in [4.78, 5) is 14.1. The first-order chi connectivity index (χ1) is 6.50. The largest absolute Gasteiger partial charge is 0.481 e. The van der Waals surface area contributed by atoms with Gasteiger partial charge >= 0.3 is 5.97 Å². The smallest absolute Gasteiger partial charge is 0.305 e. The molecule has 0 amide bonds. The lowest BCUT2D eigenvalue weighted by molar-refractivity contribution is -0.137. The number of aromatic nitrogens is 1. The van der Waals surface area contributed by atoms with Crippen LogP contribution in [-0.2, 0) is 4.79 Å². The van der Waals surface area contributed by atoms with Gasteiger partial charge in [-0.1, -0.05) is 23.2 Å². The highest BCUT2D eigenvalue weighted by Crippen LogP contribution is 2.23. The fraction of sp³-hybridized carbons (Fsp3) is 0.250. The zero-order chi connectivity index (χ0) is 10.7. The van der Waals surface area contributed by atoms with Gasteiger partial charge < -0.3 is 10.8 Å². The zero-order valence-electron chi connectivity index (χ0n) is 7.08. The predicted molar refractivity (Wildman–Crippen MR) is 53.4 cm³/mol. The second-order valence-corrected chi connectivity index (χ2v) is 3.51. The van der Waals surface area contributed by atoms with Crippen LogP contribution in [0.2, 0.25) is 10.2 Å². The number of carboxylic acids is 1. The number of hydrogen-bond donors (Lipinski definition) is 2. The highest BCUT2D eigenvalue weighted by Gasteiger charge is 2.12. The van der Waals surface area contributed by atoms with Gasteiger partial charge in [0.1, 0.15) is 5.15 Å². The fourth-order valence-corrected chi connectivity index (χ4v) is 1.22. The summed E-state index contributed by atoms with van der Waals surface area (Å²) in [6, 6.07) is 0.902. The van der Waals surface area contributed by atoms with Crippen LogP contribution in [0.4, 0.5) is 0 Å². The van der Waals surface area contributed by atoms with Crippen LogP contribution in [0.5, 0.6) is 0 Å². The van der Waals surface area contributed by atoms with Crippen molar-refractivity contribution < 1.29 is 9.90 Å². The van der Waals surface area contributed by atoms with Crippen LogP contribution in [0, 0.1) is 0 Å². The number of aliphatic carboxylic acids is 1. The third-order valence-corrected chi connectivity index (χ3v) is 2.33. The Morgan fingerprint density at radius 1 is 1.64 bits per heavy atom. The Morgan fingerprint density at radius 2 is 2.29 bits per heavy atom. The summed E-state index contributed by atoms with van der Waals surface area (Å²) >= 11 is 11.3.